The highest BCUT2D eigenvalue weighted by Crippen LogP contribution is 2.26. The molecule has 0 radical (unpaired) electrons. The molecular weight excluding hydrogens is 313 g/mol. The molecule has 0 bridgehead atoms. The Kier molecular flexibility index (Phi) is 5.24. The number of thiophene rings is 1. The summed E-state index contributed by atoms with van der Waals surface area (Å²) in [4.78, 5) is 12.9. The lowest BCUT2D eigenvalue weighted by Crippen LogP contribution is -2.24. The van der Waals surface area contributed by atoms with Crippen molar-refractivity contribution >= 4 is 46.5 Å². The first-order valence-electron chi connectivity index (χ1n) is 6.03. The quantitative estimate of drug-likeness (QED) is 0.792. The Hall–Kier alpha value is -1.29. The van der Waals surface area contributed by atoms with Crippen LogP contribution in [0.1, 0.15) is 23.4 Å². The van der Waals surface area contributed by atoms with Crippen molar-refractivity contribution in [3.63, 3.8) is 0 Å². The van der Waals surface area contributed by atoms with Gasteiger partial charge in [0, 0.05) is 21.0 Å². The van der Waals surface area contributed by atoms with Crippen molar-refractivity contribution in [3.8, 4) is 0 Å². The summed E-state index contributed by atoms with van der Waals surface area (Å²) in [6.45, 7) is 1.88. The van der Waals surface area contributed by atoms with Crippen LogP contribution in [0.2, 0.25) is 10.0 Å². The fourth-order valence-electron chi connectivity index (χ4n) is 1.74. The predicted octanol–water partition coefficient (Wildman–Crippen LogP) is 4.95. The van der Waals surface area contributed by atoms with Crippen LogP contribution in [0, 0.1) is 0 Å². The maximum atomic E-state index is 11.8. The molecule has 0 aliphatic rings. The Balaban J connectivity index is 2.00. The number of nitrogens with one attached hydrogen (secondary N) is 1. The molecule has 0 saturated heterocycles. The molecule has 1 amide bonds. The summed E-state index contributed by atoms with van der Waals surface area (Å²) >= 11 is 13.5. The van der Waals surface area contributed by atoms with Crippen molar-refractivity contribution in [1.29, 1.82) is 0 Å². The van der Waals surface area contributed by atoms with Gasteiger partial charge in [0.25, 0.3) is 0 Å². The van der Waals surface area contributed by atoms with Crippen LogP contribution < -0.4 is 5.32 Å². The molecule has 1 N–H and O–H groups in total. The third-order valence-corrected chi connectivity index (χ3v) is 4.13. The minimum atomic E-state index is -0.180. The highest BCUT2D eigenvalue weighted by Gasteiger charge is 2.11. The average molecular weight is 326 g/mol. The summed E-state index contributed by atoms with van der Waals surface area (Å²) < 4.78 is 0. The van der Waals surface area contributed by atoms with Crippen LogP contribution >= 0.6 is 34.5 Å². The second-order valence-corrected chi connectivity index (χ2v) is 6.07. The molecule has 1 atom stereocenters. The zero-order valence-electron chi connectivity index (χ0n) is 10.8. The number of hydrogen-bond acceptors (Lipinski definition) is 2. The maximum absolute atomic E-state index is 11.8. The molecule has 1 aromatic carbocycles. The van der Waals surface area contributed by atoms with E-state index < -0.39 is 0 Å². The van der Waals surface area contributed by atoms with Gasteiger partial charge in [0.05, 0.1) is 6.04 Å². The second-order valence-electron chi connectivity index (χ2n) is 4.24. The monoisotopic (exact) mass is 325 g/mol. The molecule has 20 heavy (non-hydrogen) atoms. The smallest absolute Gasteiger partial charge is 0.244 e. The third kappa shape index (κ3) is 4.10. The van der Waals surface area contributed by atoms with Gasteiger partial charge in [-0.15, -0.1) is 11.3 Å². The molecular formula is C15H13Cl2NOS. The van der Waals surface area contributed by atoms with Gasteiger partial charge >= 0.3 is 0 Å². The van der Waals surface area contributed by atoms with Crippen LogP contribution in [0.25, 0.3) is 6.08 Å². The maximum Gasteiger partial charge on any atom is 0.244 e. The number of hydrogen-bond donors (Lipinski definition) is 1. The van der Waals surface area contributed by atoms with Gasteiger partial charge in [0.15, 0.2) is 0 Å². The van der Waals surface area contributed by atoms with Gasteiger partial charge in [0.1, 0.15) is 0 Å². The number of carbonyl (C=O) groups is 1. The molecule has 104 valence electrons. The van der Waals surface area contributed by atoms with Gasteiger partial charge in [-0.25, -0.2) is 0 Å². The molecule has 0 spiro atoms. The van der Waals surface area contributed by atoms with E-state index in [2.05, 4.69) is 5.32 Å². The van der Waals surface area contributed by atoms with Gasteiger partial charge in [-0.3, -0.25) is 4.79 Å². The van der Waals surface area contributed by atoms with E-state index in [-0.39, 0.29) is 11.9 Å². The van der Waals surface area contributed by atoms with E-state index in [1.165, 1.54) is 6.08 Å². The summed E-state index contributed by atoms with van der Waals surface area (Å²) in [6.07, 6.45) is 3.31. The molecule has 5 heteroatoms. The predicted molar refractivity (Wildman–Crippen MR) is 86.4 cm³/mol. The molecule has 1 unspecified atom stereocenters. The average Bonchev–Trinajstić information content (AvgIpc) is 2.89. The number of rotatable bonds is 4. The topological polar surface area (TPSA) is 29.1 Å². The van der Waals surface area contributed by atoms with Gasteiger partial charge < -0.3 is 5.32 Å². The van der Waals surface area contributed by atoms with Gasteiger partial charge in [-0.1, -0.05) is 35.3 Å². The lowest BCUT2D eigenvalue weighted by molar-refractivity contribution is -0.117. The number of benzene rings is 1. The highest BCUT2D eigenvalue weighted by atomic mass is 35.5. The third-order valence-electron chi connectivity index (χ3n) is 2.73. The molecule has 1 aromatic heterocycles. The van der Waals surface area contributed by atoms with Crippen LogP contribution in [0.3, 0.4) is 0 Å². The Labute approximate surface area is 132 Å². The fraction of sp³-hybridized carbons (Fsp3) is 0.133. The molecule has 0 fully saturated rings. The zero-order valence-corrected chi connectivity index (χ0v) is 13.1. The summed E-state index contributed by atoms with van der Waals surface area (Å²) in [5.74, 6) is -0.156. The van der Waals surface area contributed by atoms with Gasteiger partial charge in [-0.05, 0) is 42.1 Å². The van der Waals surface area contributed by atoms with E-state index in [0.29, 0.717) is 10.0 Å². The lowest BCUT2D eigenvalue weighted by atomic mass is 10.1. The highest BCUT2D eigenvalue weighted by molar-refractivity contribution is 7.10. The van der Waals surface area contributed by atoms with Gasteiger partial charge in [-0.2, -0.15) is 0 Å². The number of halogens is 2. The Morgan fingerprint density at radius 3 is 2.80 bits per heavy atom. The van der Waals surface area contributed by atoms with Gasteiger partial charge in [0.2, 0.25) is 5.91 Å². The fourth-order valence-corrected chi connectivity index (χ4v) is 2.93. The molecule has 2 nitrogen and oxygen atoms in total. The first-order valence-corrected chi connectivity index (χ1v) is 7.67. The van der Waals surface area contributed by atoms with E-state index >= 15 is 0 Å². The summed E-state index contributed by atoms with van der Waals surface area (Å²) in [5.41, 5.74) is 0.842. The van der Waals surface area contributed by atoms with E-state index in [0.717, 1.165) is 10.4 Å². The van der Waals surface area contributed by atoms with Crippen LogP contribution in [0.15, 0.2) is 41.8 Å². The Bertz CT molecular complexity index is 623. The number of carbonyl (C=O) groups excluding carboxylic acids is 1. The van der Waals surface area contributed by atoms with Crippen LogP contribution in [0.5, 0.6) is 0 Å². The summed E-state index contributed by atoms with van der Waals surface area (Å²) in [6, 6.07) is 8.96. The SMILES string of the molecule is CC(NC(=O)C=Cc1cccs1)c1ccc(Cl)cc1Cl. The van der Waals surface area contributed by atoms with E-state index in [4.69, 9.17) is 23.2 Å². The normalized spacial score (nSPS) is 12.6. The largest absolute Gasteiger partial charge is 0.346 e. The minimum absolute atomic E-state index is 0.156. The molecule has 0 aliphatic heterocycles. The molecule has 0 aliphatic carbocycles. The standard InChI is InChI=1S/C15H13Cl2NOS/c1-10(13-6-4-11(16)9-14(13)17)18-15(19)7-5-12-3-2-8-20-12/h2-10H,1H3,(H,18,19). The Morgan fingerprint density at radius 2 is 2.15 bits per heavy atom. The van der Waals surface area contributed by atoms with Crippen molar-refractivity contribution in [2.24, 2.45) is 0 Å². The lowest BCUT2D eigenvalue weighted by Gasteiger charge is -2.14. The van der Waals surface area contributed by atoms with Crippen molar-refractivity contribution in [2.75, 3.05) is 0 Å². The summed E-state index contributed by atoms with van der Waals surface area (Å²) in [5, 5.41) is 5.96. The zero-order chi connectivity index (χ0) is 14.5. The van der Waals surface area contributed by atoms with Crippen LogP contribution in [-0.2, 0) is 4.79 Å². The Morgan fingerprint density at radius 1 is 1.35 bits per heavy atom. The van der Waals surface area contributed by atoms with Crippen LogP contribution in [0.4, 0.5) is 0 Å². The molecule has 2 rings (SSSR count). The minimum Gasteiger partial charge on any atom is -0.346 e. The van der Waals surface area contributed by atoms with Crippen molar-refractivity contribution < 1.29 is 4.79 Å². The first kappa shape index (κ1) is 15.1. The van der Waals surface area contributed by atoms with Crippen LogP contribution in [-0.4, -0.2) is 5.91 Å². The molecule has 2 aromatic rings. The molecule has 0 saturated carbocycles. The van der Waals surface area contributed by atoms with Crippen molar-refractivity contribution in [1.82, 2.24) is 5.32 Å². The summed E-state index contributed by atoms with van der Waals surface area (Å²) in [7, 11) is 0. The van der Waals surface area contributed by atoms with Crippen molar-refractivity contribution in [3.05, 3.63) is 62.3 Å². The molecule has 1 heterocycles. The second kappa shape index (κ2) is 6.93. The van der Waals surface area contributed by atoms with Crippen molar-refractivity contribution in [2.45, 2.75) is 13.0 Å². The number of amides is 1. The van der Waals surface area contributed by atoms with E-state index in [1.54, 1.807) is 29.5 Å². The first-order chi connectivity index (χ1) is 9.56. The van der Waals surface area contributed by atoms with E-state index in [1.807, 2.05) is 30.5 Å². The van der Waals surface area contributed by atoms with E-state index in [9.17, 15) is 4.79 Å².